The van der Waals surface area contributed by atoms with Gasteiger partial charge in [-0.1, -0.05) is 61.4 Å². The van der Waals surface area contributed by atoms with E-state index in [9.17, 15) is 50.4 Å². The molecule has 17 heteroatoms. The average Bonchev–Trinajstić information content (AvgIpc) is 3.36. The lowest BCUT2D eigenvalue weighted by Crippen LogP contribution is -2.80. The smallest absolute Gasteiger partial charge is 0.336 e. The summed E-state index contributed by atoms with van der Waals surface area (Å²) in [7, 11) is 0. The highest BCUT2D eigenvalue weighted by atomic mass is 16.6. The SMILES string of the molecule is NCCOc1ccc(/C=C/C(=O)CO[C@@]2(C(=O)O)C[C@@H](O)[C@H]3OC[C@H](CCc4ccccc4)C[C@@]4(C(=O)/C=C/c5cc(O)c(O)cc5CO)O[C@]3(CN[C@H]3CCC[C@H](CCCO)C3)[C@@H]2C[C@@H]4CO)cc1O. The van der Waals surface area contributed by atoms with E-state index in [0.29, 0.717) is 30.7 Å². The Morgan fingerprint density at radius 1 is 0.887 bits per heavy atom. The van der Waals surface area contributed by atoms with E-state index in [4.69, 9.17) is 24.7 Å². The molecule has 0 spiro atoms. The van der Waals surface area contributed by atoms with Crippen LogP contribution in [0.5, 0.6) is 23.0 Å². The maximum Gasteiger partial charge on any atom is 0.336 e. The van der Waals surface area contributed by atoms with Crippen molar-refractivity contribution in [3.63, 3.8) is 0 Å². The zero-order chi connectivity index (χ0) is 50.8. The fraction of sp³-hybridized carbons (Fsp3) is 0.537. The van der Waals surface area contributed by atoms with Gasteiger partial charge in [0.25, 0.3) is 0 Å². The quantitative estimate of drug-likeness (QED) is 0.0471. The molecule has 2 saturated heterocycles. The van der Waals surface area contributed by atoms with Crippen LogP contribution in [0.25, 0.3) is 12.2 Å². The lowest BCUT2D eigenvalue weighted by atomic mass is 9.55. The van der Waals surface area contributed by atoms with E-state index >= 15 is 4.79 Å². The summed E-state index contributed by atoms with van der Waals surface area (Å²) in [5.41, 5.74) is 1.44. The summed E-state index contributed by atoms with van der Waals surface area (Å²) in [5, 5.41) is 89.9. The van der Waals surface area contributed by atoms with Crippen LogP contribution in [0.15, 0.2) is 72.8 Å². The van der Waals surface area contributed by atoms with Crippen LogP contribution in [0, 0.1) is 23.7 Å². The van der Waals surface area contributed by atoms with Crippen molar-refractivity contribution >= 4 is 29.7 Å². The molecule has 4 fully saturated rings. The molecule has 7 rings (SSSR count). The predicted molar refractivity (Wildman–Crippen MR) is 261 cm³/mol. The van der Waals surface area contributed by atoms with Gasteiger partial charge in [-0.25, -0.2) is 4.79 Å². The molecule has 2 aliphatic heterocycles. The van der Waals surface area contributed by atoms with E-state index in [-0.39, 0.29) is 80.3 Å². The van der Waals surface area contributed by atoms with Crippen LogP contribution in [0.2, 0.25) is 0 Å². The van der Waals surface area contributed by atoms with E-state index in [1.54, 1.807) is 6.07 Å². The van der Waals surface area contributed by atoms with Crippen molar-refractivity contribution in [3.05, 3.63) is 95.1 Å². The van der Waals surface area contributed by atoms with Gasteiger partial charge in [0.15, 0.2) is 40.2 Å². The lowest BCUT2D eigenvalue weighted by molar-refractivity contribution is -0.345. The molecule has 0 unspecified atom stereocenters. The van der Waals surface area contributed by atoms with Crippen LogP contribution in [0.3, 0.4) is 0 Å². The van der Waals surface area contributed by atoms with E-state index in [2.05, 4.69) is 5.32 Å². The number of ketones is 2. The molecule has 0 aromatic heterocycles. The number of nitrogens with one attached hydrogen (secondary N) is 1. The number of aromatic hydroxyl groups is 3. The van der Waals surface area contributed by atoms with Crippen molar-refractivity contribution in [2.75, 3.05) is 46.1 Å². The number of phenolic OH excluding ortho intramolecular Hbond substituents is 3. The summed E-state index contributed by atoms with van der Waals surface area (Å²) in [6.45, 7) is -1.48. The summed E-state index contributed by atoms with van der Waals surface area (Å²) in [6, 6.07) is 16.6. The normalized spacial score (nSPS) is 29.7. The number of aliphatic hydroxyl groups is 4. The largest absolute Gasteiger partial charge is 0.504 e. The third-order valence-corrected chi connectivity index (χ3v) is 15.2. The molecule has 71 heavy (non-hydrogen) atoms. The Bertz CT molecular complexity index is 2360. The zero-order valence-electron chi connectivity index (χ0n) is 40.1. The van der Waals surface area contributed by atoms with Gasteiger partial charge in [-0.3, -0.25) is 9.59 Å². The van der Waals surface area contributed by atoms with Crippen molar-refractivity contribution in [3.8, 4) is 23.0 Å². The number of benzene rings is 3. The van der Waals surface area contributed by atoms with Gasteiger partial charge in [0.1, 0.15) is 30.5 Å². The van der Waals surface area contributed by atoms with Gasteiger partial charge < -0.3 is 70.9 Å². The number of carboxylic acid groups (broad SMARTS) is 1. The minimum Gasteiger partial charge on any atom is -0.504 e. The molecular formula is C54H70N2O15. The molecule has 17 nitrogen and oxygen atoms in total. The number of hydrogen-bond acceptors (Lipinski definition) is 16. The van der Waals surface area contributed by atoms with Gasteiger partial charge in [-0.05, 0) is 122 Å². The Balaban J connectivity index is 1.30. The third-order valence-electron chi connectivity index (χ3n) is 15.2. The average molecular weight is 987 g/mol. The Morgan fingerprint density at radius 2 is 1.68 bits per heavy atom. The predicted octanol–water partition coefficient (Wildman–Crippen LogP) is 4.18. The summed E-state index contributed by atoms with van der Waals surface area (Å²) >= 11 is 0. The number of nitrogens with two attached hydrogens (primary N) is 1. The first-order valence-electron chi connectivity index (χ1n) is 24.8. The second kappa shape index (κ2) is 24.0. The van der Waals surface area contributed by atoms with E-state index in [0.717, 1.165) is 37.7 Å². The minimum atomic E-state index is -2.31. The topological polar surface area (TPSA) is 288 Å². The number of aryl methyl sites for hydroxylation is 1. The van der Waals surface area contributed by atoms with Crippen LogP contribution in [-0.4, -0.2) is 140 Å². The summed E-state index contributed by atoms with van der Waals surface area (Å²) in [6.07, 6.45) is 7.77. The molecule has 2 saturated carbocycles. The molecular weight excluding hydrogens is 917 g/mol. The number of carbonyl (C=O) groups is 3. The number of phenols is 3. The first kappa shape index (κ1) is 53.6. The van der Waals surface area contributed by atoms with Gasteiger partial charge in [-0.15, -0.1) is 0 Å². The highest BCUT2D eigenvalue weighted by Crippen LogP contribution is 2.58. The summed E-state index contributed by atoms with van der Waals surface area (Å²) in [4.78, 5) is 43.1. The van der Waals surface area contributed by atoms with Crippen molar-refractivity contribution in [2.45, 2.75) is 112 Å². The number of fused-ring (bicyclic) bond motifs is 1. The first-order valence-corrected chi connectivity index (χ1v) is 24.8. The monoisotopic (exact) mass is 986 g/mol. The molecule has 11 N–H and O–H groups in total. The zero-order valence-corrected chi connectivity index (χ0v) is 40.1. The van der Waals surface area contributed by atoms with Crippen molar-refractivity contribution in [2.24, 2.45) is 29.4 Å². The molecule has 0 radical (unpaired) electrons. The Labute approximate surface area is 413 Å². The number of carboxylic acids is 1. The molecule has 2 aliphatic carbocycles. The van der Waals surface area contributed by atoms with Crippen LogP contribution in [-0.2, 0) is 41.6 Å². The number of hydrogen-bond donors (Lipinski definition) is 10. The van der Waals surface area contributed by atoms with Gasteiger partial charge in [-0.2, -0.15) is 0 Å². The second-order valence-electron chi connectivity index (χ2n) is 19.8. The molecule has 2 heterocycles. The maximum atomic E-state index is 15.4. The van der Waals surface area contributed by atoms with Crippen molar-refractivity contribution < 1.29 is 74.2 Å². The van der Waals surface area contributed by atoms with Crippen molar-refractivity contribution in [1.82, 2.24) is 5.32 Å². The molecule has 10 atom stereocenters. The standard InChI is InChI=1S/C54H70N2O15/c55-19-21-68-47-17-14-36(23-45(47)63)13-16-42(60)32-70-53(51(66)67)28-46(64)50-54(33-56-41-10-4-8-35(22-41)9-5-20-57)48(53)26-40(30-59)52(71-54,27-37(31-69-50)12-11-34-6-2-1-3-7-34)49(65)18-15-38-24-43(61)44(62)25-39(38)29-58/h1-3,6-7,13-18,23-25,35,37,40-41,46,48,50,56-59,61-64H,4-5,8-12,19-22,26-33,55H2,(H,66,67)/b16-13+,18-15+/t35-,37-,40-,41+,46-,48-,50-,52-,53+,54-/m1/s1. The van der Waals surface area contributed by atoms with Crippen LogP contribution in [0.4, 0.5) is 0 Å². The molecule has 0 amide bonds. The minimum absolute atomic E-state index is 0.0196. The fourth-order valence-electron chi connectivity index (χ4n) is 11.6. The van der Waals surface area contributed by atoms with Gasteiger partial charge in [0.2, 0.25) is 0 Å². The van der Waals surface area contributed by atoms with Crippen LogP contribution < -0.4 is 15.8 Å². The summed E-state index contributed by atoms with van der Waals surface area (Å²) < 4.78 is 26.0. The Morgan fingerprint density at radius 3 is 2.39 bits per heavy atom. The number of ether oxygens (including phenoxy) is 4. The Hall–Kier alpha value is -5.21. The van der Waals surface area contributed by atoms with Gasteiger partial charge in [0, 0.05) is 50.6 Å². The van der Waals surface area contributed by atoms with E-state index in [1.807, 2.05) is 30.3 Å². The number of aliphatic carboxylic acids is 1. The van der Waals surface area contributed by atoms with Crippen molar-refractivity contribution in [1.29, 1.82) is 0 Å². The fourth-order valence-corrected chi connectivity index (χ4v) is 11.6. The van der Waals surface area contributed by atoms with Gasteiger partial charge in [0.05, 0.1) is 19.3 Å². The second-order valence-corrected chi connectivity index (χ2v) is 19.8. The molecule has 3 aromatic carbocycles. The molecule has 3 aromatic rings. The third kappa shape index (κ3) is 12.0. The number of rotatable bonds is 23. The Kier molecular flexibility index (Phi) is 18.1. The number of aliphatic hydroxyl groups excluding tert-OH is 4. The highest BCUT2D eigenvalue weighted by Gasteiger charge is 2.73. The van der Waals surface area contributed by atoms with Crippen LogP contribution >= 0.6 is 0 Å². The van der Waals surface area contributed by atoms with Crippen LogP contribution in [0.1, 0.15) is 86.5 Å². The molecule has 4 aliphatic rings. The lowest BCUT2D eigenvalue weighted by Gasteiger charge is -2.65. The highest BCUT2D eigenvalue weighted by molar-refractivity contribution is 6.01. The van der Waals surface area contributed by atoms with E-state index < -0.39 is 96.1 Å². The first-order chi connectivity index (χ1) is 34.2. The van der Waals surface area contributed by atoms with Gasteiger partial charge >= 0.3 is 5.97 Å². The molecule has 2 bridgehead atoms. The maximum absolute atomic E-state index is 15.4. The molecule has 386 valence electrons. The van der Waals surface area contributed by atoms with E-state index in [1.165, 1.54) is 48.6 Å². The number of carbonyl (C=O) groups excluding carboxylic acids is 2. The summed E-state index contributed by atoms with van der Waals surface area (Å²) in [5.74, 6) is -5.97.